The van der Waals surface area contributed by atoms with Crippen LogP contribution < -0.4 is 10.5 Å². The van der Waals surface area contributed by atoms with Crippen molar-refractivity contribution in [3.63, 3.8) is 0 Å². The van der Waals surface area contributed by atoms with E-state index >= 15 is 0 Å². The van der Waals surface area contributed by atoms with E-state index in [0.717, 1.165) is 29.2 Å². The van der Waals surface area contributed by atoms with Gasteiger partial charge in [0, 0.05) is 34.8 Å². The van der Waals surface area contributed by atoms with Crippen LogP contribution in [0.5, 0.6) is 0 Å². The molecule has 1 aliphatic carbocycles. The van der Waals surface area contributed by atoms with E-state index in [-0.39, 0.29) is 4.90 Å². The second-order valence-electron chi connectivity index (χ2n) is 6.04. The van der Waals surface area contributed by atoms with Gasteiger partial charge in [-0.05, 0) is 60.3 Å². The molecule has 3 rings (SSSR count). The average molecular weight is 374 g/mol. The minimum Gasteiger partial charge on any atom is -0.380 e. The fraction of sp³-hybridized carbons (Fsp3) is 0.571. The summed E-state index contributed by atoms with van der Waals surface area (Å²) in [5.41, 5.74) is 0.914. The number of halogens is 1. The molecule has 1 aromatic rings. The Kier molecular flexibility index (Phi) is 4.02. The quantitative estimate of drug-likeness (QED) is 0.847. The van der Waals surface area contributed by atoms with Crippen molar-refractivity contribution in [2.45, 2.75) is 49.2 Å². The molecular weight excluding hydrogens is 354 g/mol. The van der Waals surface area contributed by atoms with E-state index in [4.69, 9.17) is 5.14 Å². The largest absolute Gasteiger partial charge is 0.380 e. The van der Waals surface area contributed by atoms with Gasteiger partial charge in [-0.25, -0.2) is 13.6 Å². The number of nitrogens with two attached hydrogens (primary N) is 1. The van der Waals surface area contributed by atoms with E-state index in [1.165, 1.54) is 12.8 Å². The molecule has 2 fully saturated rings. The smallest absolute Gasteiger partial charge is 0.238 e. The first-order valence-corrected chi connectivity index (χ1v) is 9.53. The lowest BCUT2D eigenvalue weighted by Crippen LogP contribution is -2.31. The Morgan fingerprint density at radius 1 is 1.38 bits per heavy atom. The van der Waals surface area contributed by atoms with Crippen LogP contribution in [-0.2, 0) is 10.0 Å². The normalized spacial score (nSPS) is 27.0. The van der Waals surface area contributed by atoms with Gasteiger partial charge in [-0.1, -0.05) is 0 Å². The van der Waals surface area contributed by atoms with Gasteiger partial charge in [0.05, 0.1) is 4.90 Å². The predicted molar refractivity (Wildman–Crippen MR) is 86.7 cm³/mol. The summed E-state index contributed by atoms with van der Waals surface area (Å²) in [7, 11) is -3.66. The Bertz CT molecular complexity index is 646. The van der Waals surface area contributed by atoms with Gasteiger partial charge in [0.1, 0.15) is 0 Å². The van der Waals surface area contributed by atoms with Crippen molar-refractivity contribution in [2.75, 3.05) is 11.9 Å². The molecule has 1 aromatic carbocycles. The highest BCUT2D eigenvalue weighted by molar-refractivity contribution is 9.10. The molecule has 2 aliphatic rings. The summed E-state index contributed by atoms with van der Waals surface area (Å²) >= 11 is 3.42. The molecule has 1 saturated heterocycles. The van der Waals surface area contributed by atoms with Gasteiger partial charge >= 0.3 is 0 Å². The van der Waals surface area contributed by atoms with Gasteiger partial charge in [-0.2, -0.15) is 0 Å². The Balaban J connectivity index is 1.71. The molecule has 1 heterocycles. The average Bonchev–Trinajstić information content (AvgIpc) is 3.15. The number of nitrogens with zero attached hydrogens (tertiary/aromatic N) is 1. The van der Waals surface area contributed by atoms with Gasteiger partial charge in [-0.15, -0.1) is 0 Å². The van der Waals surface area contributed by atoms with Crippen molar-refractivity contribution < 1.29 is 8.42 Å². The van der Waals surface area contributed by atoms with Gasteiger partial charge in [-0.3, -0.25) is 4.90 Å². The third-order valence-electron chi connectivity index (χ3n) is 4.27. The fourth-order valence-corrected chi connectivity index (χ4v) is 4.27. The van der Waals surface area contributed by atoms with Crippen LogP contribution in [0, 0.1) is 0 Å². The molecule has 1 saturated carbocycles. The van der Waals surface area contributed by atoms with Crippen molar-refractivity contribution in [1.82, 2.24) is 4.90 Å². The van der Waals surface area contributed by atoms with Gasteiger partial charge in [0.15, 0.2) is 0 Å². The minimum absolute atomic E-state index is 0.124. The zero-order valence-electron chi connectivity index (χ0n) is 11.9. The molecule has 116 valence electrons. The molecule has 2 atom stereocenters. The molecular formula is C14H20BrN3O2S. The Morgan fingerprint density at radius 2 is 2.10 bits per heavy atom. The molecule has 2 unspecified atom stereocenters. The summed E-state index contributed by atoms with van der Waals surface area (Å²) in [6.07, 6.45) is 3.76. The standard InChI is InChI=1S/C14H20BrN3O2S/c1-9-6-10(8-18(9)11-2-3-11)17-14-5-4-12(7-13(14)15)21(16,19)20/h4-5,7,9-11,17H,2-3,6,8H2,1H3,(H2,16,19,20). The third-order valence-corrected chi connectivity index (χ3v) is 5.83. The topological polar surface area (TPSA) is 75.4 Å². The first-order chi connectivity index (χ1) is 9.84. The molecule has 3 N–H and O–H groups in total. The highest BCUT2D eigenvalue weighted by Crippen LogP contribution is 2.35. The molecule has 0 amide bonds. The summed E-state index contributed by atoms with van der Waals surface area (Å²) in [6, 6.07) is 6.65. The number of benzene rings is 1. The van der Waals surface area contributed by atoms with Crippen molar-refractivity contribution in [3.05, 3.63) is 22.7 Å². The molecule has 0 radical (unpaired) electrons. The number of nitrogens with one attached hydrogen (secondary N) is 1. The Morgan fingerprint density at radius 3 is 2.67 bits per heavy atom. The first-order valence-electron chi connectivity index (χ1n) is 7.19. The maximum atomic E-state index is 11.3. The van der Waals surface area contributed by atoms with Crippen LogP contribution in [0.4, 0.5) is 5.69 Å². The summed E-state index contributed by atoms with van der Waals surface area (Å²) in [4.78, 5) is 2.70. The summed E-state index contributed by atoms with van der Waals surface area (Å²) in [5, 5.41) is 8.65. The van der Waals surface area contributed by atoms with E-state index in [9.17, 15) is 8.42 Å². The molecule has 0 bridgehead atoms. The van der Waals surface area contributed by atoms with Crippen molar-refractivity contribution in [3.8, 4) is 0 Å². The monoisotopic (exact) mass is 373 g/mol. The second kappa shape index (κ2) is 5.53. The number of anilines is 1. The molecule has 1 aliphatic heterocycles. The molecule has 21 heavy (non-hydrogen) atoms. The second-order valence-corrected chi connectivity index (χ2v) is 8.46. The van der Waals surface area contributed by atoms with Crippen LogP contribution in [0.2, 0.25) is 0 Å². The zero-order chi connectivity index (χ0) is 15.2. The summed E-state index contributed by atoms with van der Waals surface area (Å²) in [5.74, 6) is 0. The van der Waals surface area contributed by atoms with Gasteiger partial charge in [0.25, 0.3) is 0 Å². The van der Waals surface area contributed by atoms with Crippen LogP contribution in [-0.4, -0.2) is 38.0 Å². The first kappa shape index (κ1) is 15.3. The van der Waals surface area contributed by atoms with Crippen molar-refractivity contribution >= 4 is 31.6 Å². The highest BCUT2D eigenvalue weighted by atomic mass is 79.9. The number of sulfonamides is 1. The van der Waals surface area contributed by atoms with E-state index in [0.29, 0.717) is 12.1 Å². The number of primary sulfonamides is 1. The molecule has 5 nitrogen and oxygen atoms in total. The zero-order valence-corrected chi connectivity index (χ0v) is 14.3. The van der Waals surface area contributed by atoms with Crippen molar-refractivity contribution in [1.29, 1.82) is 0 Å². The maximum absolute atomic E-state index is 11.3. The highest BCUT2D eigenvalue weighted by Gasteiger charge is 2.38. The van der Waals surface area contributed by atoms with Crippen LogP contribution in [0.3, 0.4) is 0 Å². The lowest BCUT2D eigenvalue weighted by atomic mass is 10.2. The fourth-order valence-electron chi connectivity index (χ4n) is 3.09. The van der Waals surface area contributed by atoms with E-state index in [1.54, 1.807) is 18.2 Å². The summed E-state index contributed by atoms with van der Waals surface area (Å²) < 4.78 is 23.4. The SMILES string of the molecule is CC1CC(Nc2ccc(S(N)(=O)=O)cc2Br)CN1C1CC1. The summed E-state index contributed by atoms with van der Waals surface area (Å²) in [6.45, 7) is 3.33. The van der Waals surface area contributed by atoms with Gasteiger partial charge in [0.2, 0.25) is 10.0 Å². The maximum Gasteiger partial charge on any atom is 0.238 e. The van der Waals surface area contributed by atoms with Gasteiger partial charge < -0.3 is 5.32 Å². The third kappa shape index (κ3) is 3.41. The Labute approximate surface area is 134 Å². The van der Waals surface area contributed by atoms with Crippen LogP contribution >= 0.6 is 15.9 Å². The Hall–Kier alpha value is -0.630. The number of hydrogen-bond donors (Lipinski definition) is 2. The van der Waals surface area contributed by atoms with Crippen LogP contribution in [0.1, 0.15) is 26.2 Å². The molecule has 0 aromatic heterocycles. The predicted octanol–water partition coefficient (Wildman–Crippen LogP) is 2.13. The molecule has 7 heteroatoms. The molecule has 0 spiro atoms. The van der Waals surface area contributed by atoms with Crippen molar-refractivity contribution in [2.24, 2.45) is 5.14 Å². The van der Waals surface area contributed by atoms with E-state index < -0.39 is 10.0 Å². The number of rotatable bonds is 4. The lowest BCUT2D eigenvalue weighted by molar-refractivity contribution is 0.257. The van der Waals surface area contributed by atoms with Crippen LogP contribution in [0.15, 0.2) is 27.6 Å². The number of hydrogen-bond acceptors (Lipinski definition) is 4. The van der Waals surface area contributed by atoms with Crippen LogP contribution in [0.25, 0.3) is 0 Å². The lowest BCUT2D eigenvalue weighted by Gasteiger charge is -2.20. The van der Waals surface area contributed by atoms with E-state index in [1.807, 2.05) is 0 Å². The van der Waals surface area contributed by atoms with E-state index in [2.05, 4.69) is 33.1 Å². The number of likely N-dealkylation sites (tertiary alicyclic amines) is 1. The minimum atomic E-state index is -3.66.